The number of hydrogen-bond donors (Lipinski definition) is 1. The standard InChI is InChI=1S/C8H17NO/c1-3-8(4-5-9-2)6-10-7-8/h9H,3-7H2,1-2H3. The molecule has 2 nitrogen and oxygen atoms in total. The Morgan fingerprint density at radius 1 is 1.50 bits per heavy atom. The Bertz CT molecular complexity index is 93.9. The molecule has 1 heterocycles. The fraction of sp³-hybridized carbons (Fsp3) is 1.00. The second kappa shape index (κ2) is 3.35. The number of hydrogen-bond acceptors (Lipinski definition) is 2. The molecule has 0 radical (unpaired) electrons. The van der Waals surface area contributed by atoms with E-state index in [2.05, 4.69) is 12.2 Å². The minimum Gasteiger partial charge on any atom is -0.380 e. The van der Waals surface area contributed by atoms with Gasteiger partial charge in [-0.1, -0.05) is 6.92 Å². The lowest BCUT2D eigenvalue weighted by Gasteiger charge is -2.40. The summed E-state index contributed by atoms with van der Waals surface area (Å²) in [5.74, 6) is 0. The van der Waals surface area contributed by atoms with E-state index in [1.165, 1.54) is 12.8 Å². The van der Waals surface area contributed by atoms with E-state index in [-0.39, 0.29) is 0 Å². The Morgan fingerprint density at radius 2 is 2.20 bits per heavy atom. The van der Waals surface area contributed by atoms with Gasteiger partial charge in [-0.05, 0) is 26.4 Å². The van der Waals surface area contributed by atoms with Crippen LogP contribution in [0.2, 0.25) is 0 Å². The van der Waals surface area contributed by atoms with Gasteiger partial charge in [-0.15, -0.1) is 0 Å². The number of nitrogens with one attached hydrogen (secondary N) is 1. The maximum atomic E-state index is 5.20. The van der Waals surface area contributed by atoms with Crippen molar-refractivity contribution in [3.8, 4) is 0 Å². The van der Waals surface area contributed by atoms with Crippen molar-refractivity contribution in [1.82, 2.24) is 5.32 Å². The predicted octanol–water partition coefficient (Wildman–Crippen LogP) is 1.02. The lowest BCUT2D eigenvalue weighted by atomic mass is 9.80. The SMILES string of the molecule is CCC1(CCNC)COC1. The predicted molar refractivity (Wildman–Crippen MR) is 42.1 cm³/mol. The van der Waals surface area contributed by atoms with Crippen LogP contribution in [0.5, 0.6) is 0 Å². The van der Waals surface area contributed by atoms with Crippen LogP contribution in [0.1, 0.15) is 19.8 Å². The molecule has 0 atom stereocenters. The highest BCUT2D eigenvalue weighted by Crippen LogP contribution is 2.34. The maximum Gasteiger partial charge on any atom is 0.0545 e. The monoisotopic (exact) mass is 143 g/mol. The van der Waals surface area contributed by atoms with Crippen LogP contribution < -0.4 is 5.32 Å². The van der Waals surface area contributed by atoms with Crippen LogP contribution in [0.15, 0.2) is 0 Å². The topological polar surface area (TPSA) is 21.3 Å². The van der Waals surface area contributed by atoms with Gasteiger partial charge in [-0.25, -0.2) is 0 Å². The van der Waals surface area contributed by atoms with Gasteiger partial charge in [0.1, 0.15) is 0 Å². The summed E-state index contributed by atoms with van der Waals surface area (Å²) < 4.78 is 5.20. The largest absolute Gasteiger partial charge is 0.380 e. The third-order valence-corrected chi connectivity index (χ3v) is 2.47. The highest BCUT2D eigenvalue weighted by atomic mass is 16.5. The molecular weight excluding hydrogens is 126 g/mol. The summed E-state index contributed by atoms with van der Waals surface area (Å²) in [6.07, 6.45) is 2.52. The molecule has 0 spiro atoms. The van der Waals surface area contributed by atoms with E-state index in [9.17, 15) is 0 Å². The number of ether oxygens (including phenoxy) is 1. The summed E-state index contributed by atoms with van der Waals surface area (Å²) in [5.41, 5.74) is 0.531. The van der Waals surface area contributed by atoms with Crippen molar-refractivity contribution in [2.45, 2.75) is 19.8 Å². The highest BCUT2D eigenvalue weighted by molar-refractivity contribution is 4.84. The van der Waals surface area contributed by atoms with E-state index in [1.807, 2.05) is 7.05 Å². The van der Waals surface area contributed by atoms with E-state index in [0.717, 1.165) is 19.8 Å². The third-order valence-electron chi connectivity index (χ3n) is 2.47. The number of rotatable bonds is 4. The van der Waals surface area contributed by atoms with Crippen LogP contribution in [0.3, 0.4) is 0 Å². The minimum absolute atomic E-state index is 0.531. The molecule has 0 saturated carbocycles. The van der Waals surface area contributed by atoms with Crippen molar-refractivity contribution in [2.75, 3.05) is 26.8 Å². The Kier molecular flexibility index (Phi) is 2.69. The Hall–Kier alpha value is -0.0800. The third kappa shape index (κ3) is 1.50. The zero-order valence-corrected chi connectivity index (χ0v) is 6.94. The molecule has 0 bridgehead atoms. The first kappa shape index (κ1) is 8.02. The van der Waals surface area contributed by atoms with E-state index < -0.39 is 0 Å². The molecule has 10 heavy (non-hydrogen) atoms. The molecule has 0 aliphatic carbocycles. The van der Waals surface area contributed by atoms with Crippen molar-refractivity contribution in [2.24, 2.45) is 5.41 Å². The van der Waals surface area contributed by atoms with Crippen LogP contribution in [0.25, 0.3) is 0 Å². The van der Waals surface area contributed by atoms with Crippen molar-refractivity contribution < 1.29 is 4.74 Å². The molecule has 1 aliphatic heterocycles. The lowest BCUT2D eigenvalue weighted by molar-refractivity contribution is -0.118. The van der Waals surface area contributed by atoms with Crippen molar-refractivity contribution in [3.05, 3.63) is 0 Å². The summed E-state index contributed by atoms with van der Waals surface area (Å²) in [4.78, 5) is 0. The lowest BCUT2D eigenvalue weighted by Crippen LogP contribution is -2.43. The quantitative estimate of drug-likeness (QED) is 0.634. The summed E-state index contributed by atoms with van der Waals surface area (Å²) in [6.45, 7) is 5.33. The summed E-state index contributed by atoms with van der Waals surface area (Å²) in [7, 11) is 2.00. The molecule has 1 rings (SSSR count). The van der Waals surface area contributed by atoms with Crippen LogP contribution >= 0.6 is 0 Å². The molecule has 60 valence electrons. The Balaban J connectivity index is 2.20. The molecule has 0 aromatic heterocycles. The molecular formula is C8H17NO. The summed E-state index contributed by atoms with van der Waals surface area (Å²) in [5, 5.41) is 3.17. The molecule has 0 aromatic carbocycles. The first-order chi connectivity index (χ1) is 4.83. The second-order valence-electron chi connectivity index (χ2n) is 3.20. The van der Waals surface area contributed by atoms with Gasteiger partial charge in [0.2, 0.25) is 0 Å². The summed E-state index contributed by atoms with van der Waals surface area (Å²) >= 11 is 0. The average molecular weight is 143 g/mol. The molecule has 1 fully saturated rings. The minimum atomic E-state index is 0.531. The molecule has 1 aliphatic rings. The van der Waals surface area contributed by atoms with E-state index in [0.29, 0.717) is 5.41 Å². The van der Waals surface area contributed by atoms with Gasteiger partial charge in [-0.2, -0.15) is 0 Å². The van der Waals surface area contributed by atoms with Crippen LogP contribution in [0.4, 0.5) is 0 Å². The van der Waals surface area contributed by atoms with Gasteiger partial charge in [-0.3, -0.25) is 0 Å². The Morgan fingerprint density at radius 3 is 2.50 bits per heavy atom. The van der Waals surface area contributed by atoms with Crippen molar-refractivity contribution in [1.29, 1.82) is 0 Å². The normalized spacial score (nSPS) is 22.2. The van der Waals surface area contributed by atoms with Gasteiger partial charge < -0.3 is 10.1 Å². The average Bonchev–Trinajstić information content (AvgIpc) is 1.87. The van der Waals surface area contributed by atoms with Crippen molar-refractivity contribution >= 4 is 0 Å². The van der Waals surface area contributed by atoms with Gasteiger partial charge in [0, 0.05) is 5.41 Å². The fourth-order valence-electron chi connectivity index (χ4n) is 1.31. The van der Waals surface area contributed by atoms with Crippen LogP contribution in [-0.2, 0) is 4.74 Å². The second-order valence-corrected chi connectivity index (χ2v) is 3.20. The first-order valence-electron chi connectivity index (χ1n) is 4.05. The van der Waals surface area contributed by atoms with Crippen LogP contribution in [0, 0.1) is 5.41 Å². The first-order valence-corrected chi connectivity index (χ1v) is 4.05. The molecule has 0 unspecified atom stereocenters. The fourth-order valence-corrected chi connectivity index (χ4v) is 1.31. The maximum absolute atomic E-state index is 5.20. The van der Waals surface area contributed by atoms with Gasteiger partial charge in [0.05, 0.1) is 13.2 Å². The van der Waals surface area contributed by atoms with Gasteiger partial charge in [0.25, 0.3) is 0 Å². The van der Waals surface area contributed by atoms with E-state index in [4.69, 9.17) is 4.74 Å². The molecule has 0 amide bonds. The van der Waals surface area contributed by atoms with Gasteiger partial charge >= 0.3 is 0 Å². The smallest absolute Gasteiger partial charge is 0.0545 e. The highest BCUT2D eigenvalue weighted by Gasteiger charge is 2.35. The van der Waals surface area contributed by atoms with Crippen molar-refractivity contribution in [3.63, 3.8) is 0 Å². The Labute approximate surface area is 63.0 Å². The zero-order chi connectivity index (χ0) is 7.45. The molecule has 1 saturated heterocycles. The molecule has 0 aromatic rings. The summed E-state index contributed by atoms with van der Waals surface area (Å²) in [6, 6.07) is 0. The van der Waals surface area contributed by atoms with E-state index in [1.54, 1.807) is 0 Å². The zero-order valence-electron chi connectivity index (χ0n) is 6.94. The molecule has 2 heteroatoms. The van der Waals surface area contributed by atoms with Crippen LogP contribution in [-0.4, -0.2) is 26.8 Å². The van der Waals surface area contributed by atoms with E-state index >= 15 is 0 Å². The molecule has 1 N–H and O–H groups in total. The van der Waals surface area contributed by atoms with Gasteiger partial charge in [0.15, 0.2) is 0 Å².